The molecule has 0 fully saturated rings. The molecule has 0 radical (unpaired) electrons. The maximum Gasteiger partial charge on any atom is 0.272 e. The largest absolute Gasteiger partial charge is 0.469 e. The fraction of sp³-hybridized carbons (Fsp3) is 0.294. The number of hydrogen-bond acceptors (Lipinski definition) is 4. The fourth-order valence-corrected chi connectivity index (χ4v) is 3.01. The topological polar surface area (TPSA) is 84.1 Å². The highest BCUT2D eigenvalue weighted by molar-refractivity contribution is 5.93. The lowest BCUT2D eigenvalue weighted by Gasteiger charge is -2.22. The molecule has 3 heterocycles. The minimum absolute atomic E-state index is 0.0176. The van der Waals surface area contributed by atoms with Crippen LogP contribution in [0.1, 0.15) is 46.5 Å². The molecule has 0 aliphatic heterocycles. The molecule has 0 saturated heterocycles. The van der Waals surface area contributed by atoms with Gasteiger partial charge < -0.3 is 14.2 Å². The normalized spacial score (nSPS) is 17.0. The smallest absolute Gasteiger partial charge is 0.272 e. The Morgan fingerprint density at radius 1 is 1.39 bits per heavy atom. The Morgan fingerprint density at radius 2 is 2.30 bits per heavy atom. The van der Waals surface area contributed by atoms with Crippen molar-refractivity contribution in [3.63, 3.8) is 0 Å². The predicted molar refractivity (Wildman–Crippen MR) is 82.9 cm³/mol. The first-order valence-electron chi connectivity index (χ1n) is 7.70. The van der Waals surface area contributed by atoms with Gasteiger partial charge in [0.25, 0.3) is 5.91 Å². The van der Waals surface area contributed by atoms with E-state index in [4.69, 9.17) is 8.83 Å². The highest BCUT2D eigenvalue weighted by atomic mass is 16.3. The number of nitrogens with zero attached hydrogens (tertiary/aromatic N) is 1. The van der Waals surface area contributed by atoms with Crippen LogP contribution in [-0.2, 0) is 6.42 Å². The van der Waals surface area contributed by atoms with Gasteiger partial charge >= 0.3 is 0 Å². The van der Waals surface area contributed by atoms with Crippen LogP contribution in [0, 0.1) is 6.92 Å². The number of furan rings is 2. The molecule has 118 valence electrons. The van der Waals surface area contributed by atoms with Crippen LogP contribution < -0.4 is 5.32 Å². The van der Waals surface area contributed by atoms with E-state index in [1.165, 1.54) is 0 Å². The number of fused-ring (bicyclic) bond motifs is 1. The zero-order valence-corrected chi connectivity index (χ0v) is 12.8. The van der Waals surface area contributed by atoms with Crippen molar-refractivity contribution >= 4 is 5.91 Å². The number of aromatic amines is 1. The number of amides is 1. The van der Waals surface area contributed by atoms with E-state index in [1.54, 1.807) is 12.3 Å². The number of H-pyrrole nitrogens is 1. The second-order valence-corrected chi connectivity index (χ2v) is 5.79. The second kappa shape index (κ2) is 5.46. The summed E-state index contributed by atoms with van der Waals surface area (Å²) in [4.78, 5) is 12.4. The summed E-state index contributed by atoms with van der Waals surface area (Å²) in [6, 6.07) is 7.34. The van der Waals surface area contributed by atoms with Gasteiger partial charge in [-0.3, -0.25) is 9.89 Å². The molecule has 6 heteroatoms. The Morgan fingerprint density at radius 3 is 3.13 bits per heavy atom. The van der Waals surface area contributed by atoms with Gasteiger partial charge in [-0.1, -0.05) is 0 Å². The van der Waals surface area contributed by atoms with Crippen LogP contribution in [0.25, 0.3) is 11.5 Å². The molecule has 0 spiro atoms. The van der Waals surface area contributed by atoms with Crippen molar-refractivity contribution in [3.8, 4) is 11.5 Å². The highest BCUT2D eigenvalue weighted by Gasteiger charge is 2.25. The van der Waals surface area contributed by atoms with Gasteiger partial charge in [0.15, 0.2) is 11.5 Å². The molecule has 0 bridgehead atoms. The first-order chi connectivity index (χ1) is 11.2. The zero-order valence-electron chi connectivity index (χ0n) is 12.8. The number of nitrogens with one attached hydrogen (secondary N) is 2. The van der Waals surface area contributed by atoms with Gasteiger partial charge in [0.05, 0.1) is 12.3 Å². The molecule has 3 aromatic rings. The quantitative estimate of drug-likeness (QED) is 0.776. The summed E-state index contributed by atoms with van der Waals surface area (Å²) in [5, 5.41) is 9.97. The lowest BCUT2D eigenvalue weighted by atomic mass is 9.93. The Balaban J connectivity index is 1.51. The number of carbonyl (C=O) groups is 1. The Kier molecular flexibility index (Phi) is 3.29. The van der Waals surface area contributed by atoms with Crippen molar-refractivity contribution in [1.29, 1.82) is 0 Å². The van der Waals surface area contributed by atoms with Crippen LogP contribution in [0.3, 0.4) is 0 Å². The van der Waals surface area contributed by atoms with Crippen molar-refractivity contribution in [2.45, 2.75) is 32.2 Å². The molecular formula is C17H17N3O3. The van der Waals surface area contributed by atoms with Crippen LogP contribution >= 0.6 is 0 Å². The lowest BCUT2D eigenvalue weighted by molar-refractivity contribution is 0.0927. The molecule has 1 aliphatic rings. The highest BCUT2D eigenvalue weighted by Crippen LogP contribution is 2.30. The fourth-order valence-electron chi connectivity index (χ4n) is 3.01. The molecular weight excluding hydrogens is 294 g/mol. The first kappa shape index (κ1) is 13.9. The minimum Gasteiger partial charge on any atom is -0.469 e. The van der Waals surface area contributed by atoms with E-state index < -0.39 is 0 Å². The van der Waals surface area contributed by atoms with E-state index in [1.807, 2.05) is 25.1 Å². The molecule has 1 aliphatic carbocycles. The SMILES string of the molecule is Cc1ccc(-c2cc(C(=O)NC3CCCc4occc43)n[nH]2)o1. The van der Waals surface area contributed by atoms with Gasteiger partial charge in [0, 0.05) is 18.1 Å². The van der Waals surface area contributed by atoms with E-state index in [0.29, 0.717) is 17.1 Å². The number of hydrogen-bond donors (Lipinski definition) is 2. The van der Waals surface area contributed by atoms with Gasteiger partial charge in [-0.05, 0) is 38.0 Å². The molecule has 23 heavy (non-hydrogen) atoms. The zero-order chi connectivity index (χ0) is 15.8. The molecule has 4 rings (SSSR count). The standard InChI is InChI=1S/C17H17N3O3/c1-10-5-6-16(23-10)13-9-14(20-19-13)17(21)18-12-3-2-4-15-11(12)7-8-22-15/h5-9,12H,2-4H2,1H3,(H,18,21)(H,19,20). The van der Waals surface area contributed by atoms with E-state index in [2.05, 4.69) is 15.5 Å². The summed E-state index contributed by atoms with van der Waals surface area (Å²) in [7, 11) is 0. The van der Waals surface area contributed by atoms with Crippen molar-refractivity contribution in [1.82, 2.24) is 15.5 Å². The average molecular weight is 311 g/mol. The van der Waals surface area contributed by atoms with Crippen molar-refractivity contribution in [2.24, 2.45) is 0 Å². The second-order valence-electron chi connectivity index (χ2n) is 5.79. The van der Waals surface area contributed by atoms with Crippen LogP contribution in [-0.4, -0.2) is 16.1 Å². The van der Waals surface area contributed by atoms with Gasteiger partial charge in [-0.15, -0.1) is 0 Å². The lowest BCUT2D eigenvalue weighted by Crippen LogP contribution is -2.30. The number of aryl methyl sites for hydroxylation is 2. The van der Waals surface area contributed by atoms with Crippen LogP contribution in [0.5, 0.6) is 0 Å². The van der Waals surface area contributed by atoms with Gasteiger partial charge in [0.1, 0.15) is 17.2 Å². The number of rotatable bonds is 3. The van der Waals surface area contributed by atoms with Crippen molar-refractivity contribution < 1.29 is 13.6 Å². The summed E-state index contributed by atoms with van der Waals surface area (Å²) in [5.74, 6) is 2.25. The predicted octanol–water partition coefficient (Wildman–Crippen LogP) is 3.38. The summed E-state index contributed by atoms with van der Waals surface area (Å²) in [6.45, 7) is 1.87. The molecule has 0 aromatic carbocycles. The Hall–Kier alpha value is -2.76. The molecule has 1 unspecified atom stereocenters. The van der Waals surface area contributed by atoms with E-state index in [0.717, 1.165) is 36.3 Å². The number of aromatic nitrogens is 2. The third kappa shape index (κ3) is 2.56. The molecule has 2 N–H and O–H groups in total. The van der Waals surface area contributed by atoms with Gasteiger partial charge in [-0.25, -0.2) is 0 Å². The van der Waals surface area contributed by atoms with Crippen LogP contribution in [0.4, 0.5) is 0 Å². The van der Waals surface area contributed by atoms with E-state index in [-0.39, 0.29) is 11.9 Å². The Labute approximate surface area is 132 Å². The average Bonchev–Trinajstić information content (AvgIpc) is 3.27. The maximum atomic E-state index is 12.4. The minimum atomic E-state index is -0.199. The van der Waals surface area contributed by atoms with Crippen LogP contribution in [0.2, 0.25) is 0 Å². The van der Waals surface area contributed by atoms with Gasteiger partial charge in [0.2, 0.25) is 0 Å². The van der Waals surface area contributed by atoms with Gasteiger partial charge in [-0.2, -0.15) is 5.10 Å². The van der Waals surface area contributed by atoms with E-state index in [9.17, 15) is 4.79 Å². The summed E-state index contributed by atoms with van der Waals surface area (Å²) >= 11 is 0. The van der Waals surface area contributed by atoms with Crippen molar-refractivity contribution in [2.75, 3.05) is 0 Å². The molecule has 6 nitrogen and oxygen atoms in total. The van der Waals surface area contributed by atoms with Crippen LogP contribution in [0.15, 0.2) is 39.4 Å². The summed E-state index contributed by atoms with van der Waals surface area (Å²) < 4.78 is 11.0. The molecule has 1 amide bonds. The first-order valence-corrected chi connectivity index (χ1v) is 7.70. The number of carbonyl (C=O) groups excluding carboxylic acids is 1. The monoisotopic (exact) mass is 311 g/mol. The third-order valence-corrected chi connectivity index (χ3v) is 4.17. The summed E-state index contributed by atoms with van der Waals surface area (Å²) in [5.41, 5.74) is 2.11. The Bertz CT molecular complexity index is 843. The molecule has 0 saturated carbocycles. The summed E-state index contributed by atoms with van der Waals surface area (Å²) in [6.07, 6.45) is 4.52. The third-order valence-electron chi connectivity index (χ3n) is 4.17. The van der Waals surface area contributed by atoms with E-state index >= 15 is 0 Å². The maximum absolute atomic E-state index is 12.4. The molecule has 1 atom stereocenters. The van der Waals surface area contributed by atoms with Crippen molar-refractivity contribution in [3.05, 3.63) is 53.3 Å². The molecule has 3 aromatic heterocycles.